The highest BCUT2D eigenvalue weighted by atomic mass is 35.5. The van der Waals surface area contributed by atoms with E-state index >= 15 is 0 Å². The van der Waals surface area contributed by atoms with E-state index in [2.05, 4.69) is 27.1 Å². The van der Waals surface area contributed by atoms with E-state index in [0.717, 1.165) is 13.1 Å². The first-order valence-corrected chi connectivity index (χ1v) is 6.82. The van der Waals surface area contributed by atoms with Crippen molar-refractivity contribution in [3.63, 3.8) is 0 Å². The van der Waals surface area contributed by atoms with E-state index in [1.165, 1.54) is 6.20 Å². The summed E-state index contributed by atoms with van der Waals surface area (Å²) in [5.41, 5.74) is 0.250. The van der Waals surface area contributed by atoms with Crippen LogP contribution < -0.4 is 5.32 Å². The van der Waals surface area contributed by atoms with Crippen LogP contribution in [0.5, 0.6) is 0 Å². The molecule has 0 aliphatic rings. The topological polar surface area (TPSA) is 58.1 Å². The van der Waals surface area contributed by atoms with Crippen molar-refractivity contribution in [1.29, 1.82) is 0 Å². The highest BCUT2D eigenvalue weighted by Crippen LogP contribution is 2.16. The van der Waals surface area contributed by atoms with Crippen LogP contribution in [0.3, 0.4) is 0 Å². The van der Waals surface area contributed by atoms with Crippen molar-refractivity contribution in [2.24, 2.45) is 0 Å². The van der Waals surface area contributed by atoms with Crippen molar-refractivity contribution in [2.75, 3.05) is 26.7 Å². The van der Waals surface area contributed by atoms with Crippen molar-refractivity contribution in [1.82, 2.24) is 20.2 Å². The van der Waals surface area contributed by atoms with Gasteiger partial charge in [0.15, 0.2) is 0 Å². The molecule has 5 nitrogen and oxygen atoms in total. The maximum atomic E-state index is 12.0. The van der Waals surface area contributed by atoms with Gasteiger partial charge in [-0.3, -0.25) is 4.79 Å². The Hall–Kier alpha value is -1.20. The third-order valence-corrected chi connectivity index (χ3v) is 3.09. The number of rotatable bonds is 6. The van der Waals surface area contributed by atoms with Gasteiger partial charge in [-0.05, 0) is 13.6 Å². The Bertz CT molecular complexity index is 437. The summed E-state index contributed by atoms with van der Waals surface area (Å²) in [7, 11) is 2.00. The molecule has 1 rings (SSSR count). The summed E-state index contributed by atoms with van der Waals surface area (Å²) >= 11 is 5.97. The molecule has 1 heterocycles. The maximum absolute atomic E-state index is 12.0. The lowest BCUT2D eigenvalue weighted by molar-refractivity contribution is 0.0945. The van der Waals surface area contributed by atoms with E-state index in [4.69, 9.17) is 11.6 Å². The number of nitrogens with zero attached hydrogens (tertiary/aromatic N) is 3. The molecule has 0 saturated heterocycles. The van der Waals surface area contributed by atoms with Gasteiger partial charge in [0.05, 0.1) is 11.2 Å². The van der Waals surface area contributed by atoms with E-state index in [9.17, 15) is 4.79 Å². The molecule has 0 atom stereocenters. The lowest BCUT2D eigenvalue weighted by atomic mass is 10.2. The highest BCUT2D eigenvalue weighted by molar-refractivity contribution is 6.33. The SMILES string of the molecule is CCN(C)CCNC(=O)c1nc(C(C)C)ncc1Cl. The van der Waals surface area contributed by atoms with Crippen LogP contribution >= 0.6 is 11.6 Å². The predicted octanol–water partition coefficient (Wildman–Crippen LogP) is 1.93. The molecule has 0 spiro atoms. The lowest BCUT2D eigenvalue weighted by Crippen LogP contribution is -2.33. The Morgan fingerprint density at radius 3 is 2.79 bits per heavy atom. The minimum absolute atomic E-state index is 0.162. The molecule has 0 aliphatic carbocycles. The second-order valence-corrected chi connectivity index (χ2v) is 5.14. The maximum Gasteiger partial charge on any atom is 0.271 e. The molecular formula is C13H21ClN4O. The minimum Gasteiger partial charge on any atom is -0.349 e. The normalized spacial score (nSPS) is 11.1. The van der Waals surface area contributed by atoms with E-state index in [0.29, 0.717) is 12.4 Å². The molecule has 0 saturated carbocycles. The standard InChI is InChI=1S/C13H21ClN4O/c1-5-18(4)7-6-15-13(19)11-10(14)8-16-12(17-11)9(2)3/h8-9H,5-7H2,1-4H3,(H,15,19). The van der Waals surface area contributed by atoms with Gasteiger partial charge in [0.1, 0.15) is 11.5 Å². The number of aromatic nitrogens is 2. The first-order chi connectivity index (χ1) is 8.95. The molecule has 1 aromatic heterocycles. The zero-order valence-corrected chi connectivity index (χ0v) is 12.7. The summed E-state index contributed by atoms with van der Waals surface area (Å²) in [5, 5.41) is 3.10. The van der Waals surface area contributed by atoms with Gasteiger partial charge < -0.3 is 10.2 Å². The van der Waals surface area contributed by atoms with Gasteiger partial charge in [-0.2, -0.15) is 0 Å². The van der Waals surface area contributed by atoms with Gasteiger partial charge in [0, 0.05) is 19.0 Å². The zero-order valence-electron chi connectivity index (χ0n) is 11.9. The summed E-state index contributed by atoms with van der Waals surface area (Å²) < 4.78 is 0. The quantitative estimate of drug-likeness (QED) is 0.867. The van der Waals surface area contributed by atoms with Crippen LogP contribution in [0.15, 0.2) is 6.20 Å². The molecule has 0 aromatic carbocycles. The second kappa shape index (κ2) is 7.40. The van der Waals surface area contributed by atoms with Gasteiger partial charge in [-0.25, -0.2) is 9.97 Å². The summed E-state index contributed by atoms with van der Waals surface area (Å²) in [6.07, 6.45) is 1.48. The van der Waals surface area contributed by atoms with Gasteiger partial charge in [-0.15, -0.1) is 0 Å². The van der Waals surface area contributed by atoms with Crippen LogP contribution in [0.4, 0.5) is 0 Å². The molecule has 0 aliphatic heterocycles. The largest absolute Gasteiger partial charge is 0.349 e. The van der Waals surface area contributed by atoms with Crippen LogP contribution in [-0.4, -0.2) is 47.5 Å². The Morgan fingerprint density at radius 2 is 2.21 bits per heavy atom. The predicted molar refractivity (Wildman–Crippen MR) is 76.6 cm³/mol. The number of likely N-dealkylation sites (N-methyl/N-ethyl adjacent to an activating group) is 1. The zero-order chi connectivity index (χ0) is 14.4. The van der Waals surface area contributed by atoms with Gasteiger partial charge in [-0.1, -0.05) is 32.4 Å². The van der Waals surface area contributed by atoms with Crippen molar-refractivity contribution in [3.8, 4) is 0 Å². The fraction of sp³-hybridized carbons (Fsp3) is 0.615. The van der Waals surface area contributed by atoms with Crippen LogP contribution in [0, 0.1) is 0 Å². The van der Waals surface area contributed by atoms with Crippen molar-refractivity contribution in [2.45, 2.75) is 26.7 Å². The molecule has 0 bridgehead atoms. The number of carbonyl (C=O) groups excluding carboxylic acids is 1. The third-order valence-electron chi connectivity index (χ3n) is 2.81. The number of nitrogens with one attached hydrogen (secondary N) is 1. The Kier molecular flexibility index (Phi) is 6.18. The molecule has 0 fully saturated rings. The fourth-order valence-corrected chi connectivity index (χ4v) is 1.60. The molecule has 6 heteroatoms. The Labute approximate surface area is 119 Å². The van der Waals surface area contributed by atoms with Crippen molar-refractivity contribution in [3.05, 3.63) is 22.7 Å². The molecule has 0 radical (unpaired) electrons. The summed E-state index contributed by atoms with van der Waals surface area (Å²) in [6, 6.07) is 0. The van der Waals surface area contributed by atoms with Gasteiger partial charge in [0.25, 0.3) is 5.91 Å². The Morgan fingerprint density at radius 1 is 1.53 bits per heavy atom. The van der Waals surface area contributed by atoms with Crippen LogP contribution in [0.25, 0.3) is 0 Å². The average Bonchev–Trinajstić information content (AvgIpc) is 2.38. The van der Waals surface area contributed by atoms with Gasteiger partial charge >= 0.3 is 0 Å². The first kappa shape index (κ1) is 15.9. The molecule has 19 heavy (non-hydrogen) atoms. The lowest BCUT2D eigenvalue weighted by Gasteiger charge is -2.14. The summed E-state index contributed by atoms with van der Waals surface area (Å²) in [6.45, 7) is 8.32. The number of halogens is 1. The molecule has 1 amide bonds. The average molecular weight is 285 g/mol. The van der Waals surface area contributed by atoms with Crippen LogP contribution in [0.1, 0.15) is 43.0 Å². The Balaban J connectivity index is 2.68. The van der Waals surface area contributed by atoms with E-state index in [1.807, 2.05) is 20.9 Å². The monoisotopic (exact) mass is 284 g/mol. The molecule has 1 N–H and O–H groups in total. The number of hydrogen-bond acceptors (Lipinski definition) is 4. The molecular weight excluding hydrogens is 264 g/mol. The van der Waals surface area contributed by atoms with Crippen LogP contribution in [-0.2, 0) is 0 Å². The molecule has 106 valence electrons. The third kappa shape index (κ3) is 4.76. The fourth-order valence-electron chi connectivity index (χ4n) is 1.42. The number of carbonyl (C=O) groups is 1. The van der Waals surface area contributed by atoms with Gasteiger partial charge in [0.2, 0.25) is 0 Å². The first-order valence-electron chi connectivity index (χ1n) is 6.44. The molecule has 0 unspecified atom stereocenters. The second-order valence-electron chi connectivity index (χ2n) is 4.73. The smallest absolute Gasteiger partial charge is 0.271 e. The van der Waals surface area contributed by atoms with E-state index in [1.54, 1.807) is 0 Å². The van der Waals surface area contributed by atoms with Crippen molar-refractivity contribution >= 4 is 17.5 Å². The van der Waals surface area contributed by atoms with Crippen LogP contribution in [0.2, 0.25) is 5.02 Å². The van der Waals surface area contributed by atoms with E-state index < -0.39 is 0 Å². The summed E-state index contributed by atoms with van der Waals surface area (Å²) in [5.74, 6) is 0.536. The van der Waals surface area contributed by atoms with E-state index in [-0.39, 0.29) is 22.5 Å². The van der Waals surface area contributed by atoms with Crippen molar-refractivity contribution < 1.29 is 4.79 Å². The number of hydrogen-bond donors (Lipinski definition) is 1. The molecule has 1 aromatic rings. The highest BCUT2D eigenvalue weighted by Gasteiger charge is 2.15. The summed E-state index contributed by atoms with van der Waals surface area (Å²) in [4.78, 5) is 22.5. The minimum atomic E-state index is -0.251. The number of amides is 1.